The van der Waals surface area contributed by atoms with E-state index in [1.165, 1.54) is 12.8 Å². The lowest BCUT2D eigenvalue weighted by molar-refractivity contribution is -0.129. The molecule has 0 aromatic carbocycles. The smallest absolute Gasteiger partial charge is 0.237 e. The highest BCUT2D eigenvalue weighted by molar-refractivity contribution is 5.78. The van der Waals surface area contributed by atoms with Crippen molar-refractivity contribution in [2.24, 2.45) is 23.5 Å². The largest absolute Gasteiger partial charge is 0.393 e. The van der Waals surface area contributed by atoms with Gasteiger partial charge in [-0.05, 0) is 56.3 Å². The maximum atomic E-state index is 11.0. The minimum atomic E-state index is -0.231. The van der Waals surface area contributed by atoms with Crippen molar-refractivity contribution in [2.45, 2.75) is 57.6 Å². The summed E-state index contributed by atoms with van der Waals surface area (Å²) in [6.45, 7) is 3.04. The number of nitrogens with two attached hydrogens (primary N) is 1. The van der Waals surface area contributed by atoms with Crippen LogP contribution in [0.4, 0.5) is 0 Å². The Morgan fingerprint density at radius 1 is 1.33 bits per heavy atom. The molecule has 0 aromatic rings. The molecule has 3 rings (SSSR count). The Morgan fingerprint density at radius 3 is 2.48 bits per heavy atom. The molecule has 3 aliphatic rings. The van der Waals surface area contributed by atoms with Gasteiger partial charge in [0.2, 0.25) is 5.91 Å². The zero-order valence-electron chi connectivity index (χ0n) is 12.9. The Labute approximate surface area is 127 Å². The number of carbonyl (C=O) groups is 1. The lowest BCUT2D eigenvalue weighted by Gasteiger charge is -2.17. The number of hydrogen-bond donors (Lipinski definition) is 2. The number of rotatable bonds is 1. The molecule has 3 N–H and O–H groups in total. The molecule has 5 nitrogen and oxygen atoms in total. The Hall–Kier alpha value is -1.12. The van der Waals surface area contributed by atoms with Gasteiger partial charge in [0.05, 0.1) is 18.7 Å². The quantitative estimate of drug-likeness (QED) is 0.761. The van der Waals surface area contributed by atoms with Gasteiger partial charge in [0.15, 0.2) is 0 Å². The van der Waals surface area contributed by atoms with E-state index in [0.717, 1.165) is 43.4 Å². The summed E-state index contributed by atoms with van der Waals surface area (Å²) in [7, 11) is 0. The van der Waals surface area contributed by atoms with E-state index in [2.05, 4.69) is 13.0 Å². The van der Waals surface area contributed by atoms with Crippen LogP contribution in [0.25, 0.3) is 0 Å². The number of nitriles is 1. The average molecular weight is 293 g/mol. The Morgan fingerprint density at radius 2 is 1.95 bits per heavy atom. The fourth-order valence-corrected chi connectivity index (χ4v) is 4.20. The molecule has 1 saturated heterocycles. The van der Waals surface area contributed by atoms with Gasteiger partial charge >= 0.3 is 0 Å². The molecular formula is C16H27N3O2. The number of nitrogens with zero attached hydrogens (tertiary/aromatic N) is 2. The summed E-state index contributed by atoms with van der Waals surface area (Å²) in [5.74, 6) is 2.58. The molecule has 1 amide bonds. The first-order chi connectivity index (χ1) is 10.0. The van der Waals surface area contributed by atoms with E-state index in [1.807, 2.05) is 0 Å². The molecule has 5 heteroatoms. The second-order valence-corrected chi connectivity index (χ2v) is 6.80. The summed E-state index contributed by atoms with van der Waals surface area (Å²) in [5, 5.41) is 17.9. The van der Waals surface area contributed by atoms with Gasteiger partial charge < -0.3 is 15.7 Å². The predicted octanol–water partition coefficient (Wildman–Crippen LogP) is 1.26. The molecule has 2 saturated carbocycles. The monoisotopic (exact) mass is 293 g/mol. The average Bonchev–Trinajstić information content (AvgIpc) is 3.12. The molecule has 0 aromatic heterocycles. The number of aliphatic hydroxyl groups is 1. The molecule has 3 unspecified atom stereocenters. The van der Waals surface area contributed by atoms with Crippen molar-refractivity contribution >= 4 is 5.91 Å². The van der Waals surface area contributed by atoms with Crippen LogP contribution in [0.2, 0.25) is 0 Å². The molecule has 1 aliphatic heterocycles. The van der Waals surface area contributed by atoms with Crippen molar-refractivity contribution in [3.8, 4) is 6.07 Å². The van der Waals surface area contributed by atoms with Crippen LogP contribution in [-0.2, 0) is 4.79 Å². The summed E-state index contributed by atoms with van der Waals surface area (Å²) in [4.78, 5) is 12.6. The van der Waals surface area contributed by atoms with Crippen molar-refractivity contribution < 1.29 is 9.90 Å². The van der Waals surface area contributed by atoms with E-state index >= 15 is 0 Å². The third-order valence-electron chi connectivity index (χ3n) is 5.12. The highest BCUT2D eigenvalue weighted by atomic mass is 16.3. The number of fused-ring (bicyclic) bond motifs is 1. The standard InChI is InChI=1S/C9H16O.C7H11N3O/c1-6-2-7-4-9(10)5-8(7)3-6;8-4-6-2-1-3-10(6)7(11)5-9/h6-10H,2-5H2,1H3;6H,1-3,5,9H2/t6?,7-,8+,9?;. The minimum Gasteiger partial charge on any atom is -0.393 e. The Balaban J connectivity index is 0.000000154. The van der Waals surface area contributed by atoms with Crippen LogP contribution in [0.15, 0.2) is 0 Å². The van der Waals surface area contributed by atoms with Crippen molar-refractivity contribution in [2.75, 3.05) is 13.1 Å². The molecule has 21 heavy (non-hydrogen) atoms. The highest BCUT2D eigenvalue weighted by Crippen LogP contribution is 2.46. The molecular weight excluding hydrogens is 266 g/mol. The van der Waals surface area contributed by atoms with Crippen LogP contribution >= 0.6 is 0 Å². The summed E-state index contributed by atoms with van der Waals surface area (Å²) < 4.78 is 0. The summed E-state index contributed by atoms with van der Waals surface area (Å²) in [5.41, 5.74) is 5.17. The molecule has 118 valence electrons. The van der Waals surface area contributed by atoms with E-state index in [4.69, 9.17) is 11.0 Å². The van der Waals surface area contributed by atoms with Gasteiger partial charge in [0.1, 0.15) is 6.04 Å². The van der Waals surface area contributed by atoms with Crippen LogP contribution in [0.3, 0.4) is 0 Å². The van der Waals surface area contributed by atoms with E-state index in [-0.39, 0.29) is 24.6 Å². The molecule has 0 spiro atoms. The second kappa shape index (κ2) is 7.24. The molecule has 0 radical (unpaired) electrons. The predicted molar refractivity (Wildman–Crippen MR) is 80.0 cm³/mol. The first kappa shape index (κ1) is 16.3. The summed E-state index contributed by atoms with van der Waals surface area (Å²) >= 11 is 0. The Kier molecular flexibility index (Phi) is 5.60. The van der Waals surface area contributed by atoms with Crippen molar-refractivity contribution in [1.29, 1.82) is 5.26 Å². The fourth-order valence-electron chi connectivity index (χ4n) is 4.20. The number of aliphatic hydroxyl groups excluding tert-OH is 1. The number of hydrogen-bond acceptors (Lipinski definition) is 4. The van der Waals surface area contributed by atoms with Crippen molar-refractivity contribution in [1.82, 2.24) is 4.90 Å². The third-order valence-corrected chi connectivity index (χ3v) is 5.12. The first-order valence-corrected chi connectivity index (χ1v) is 8.12. The van der Waals surface area contributed by atoms with Gasteiger partial charge in [-0.3, -0.25) is 4.79 Å². The van der Waals surface area contributed by atoms with Gasteiger partial charge in [0.25, 0.3) is 0 Å². The van der Waals surface area contributed by atoms with Gasteiger partial charge in [0, 0.05) is 6.54 Å². The van der Waals surface area contributed by atoms with Crippen LogP contribution in [0, 0.1) is 29.1 Å². The van der Waals surface area contributed by atoms with E-state index in [0.29, 0.717) is 6.54 Å². The SMILES string of the molecule is CC1C[C@@H]2CC(O)C[C@@H]2C1.N#CC1CCCN1C(=O)CN. The van der Waals surface area contributed by atoms with Crippen LogP contribution in [0.1, 0.15) is 45.4 Å². The maximum absolute atomic E-state index is 11.0. The highest BCUT2D eigenvalue weighted by Gasteiger charge is 2.39. The number of likely N-dealkylation sites (tertiary alicyclic amines) is 1. The molecule has 1 heterocycles. The van der Waals surface area contributed by atoms with Crippen molar-refractivity contribution in [3.05, 3.63) is 0 Å². The summed E-state index contributed by atoms with van der Waals surface area (Å²) in [6.07, 6.45) is 6.70. The normalized spacial score (nSPS) is 37.6. The molecule has 3 fully saturated rings. The lowest BCUT2D eigenvalue weighted by Crippen LogP contribution is -2.38. The first-order valence-electron chi connectivity index (χ1n) is 8.12. The fraction of sp³-hybridized carbons (Fsp3) is 0.875. The van der Waals surface area contributed by atoms with Crippen LogP contribution < -0.4 is 5.73 Å². The number of amides is 1. The topological polar surface area (TPSA) is 90.3 Å². The van der Waals surface area contributed by atoms with Crippen molar-refractivity contribution in [3.63, 3.8) is 0 Å². The van der Waals surface area contributed by atoms with E-state index in [9.17, 15) is 9.90 Å². The summed E-state index contributed by atoms with van der Waals surface area (Å²) in [6, 6.07) is 1.85. The van der Waals surface area contributed by atoms with Crippen LogP contribution in [-0.4, -0.2) is 41.1 Å². The molecule has 5 atom stereocenters. The lowest BCUT2D eigenvalue weighted by atomic mass is 10.0. The van der Waals surface area contributed by atoms with Gasteiger partial charge in [-0.25, -0.2) is 0 Å². The minimum absolute atomic E-state index is 0.0121. The zero-order valence-corrected chi connectivity index (χ0v) is 12.9. The third kappa shape index (κ3) is 3.96. The Bertz CT molecular complexity index is 379. The van der Waals surface area contributed by atoms with Gasteiger partial charge in [-0.15, -0.1) is 0 Å². The number of carbonyl (C=O) groups excluding carboxylic acids is 1. The van der Waals surface area contributed by atoms with Gasteiger partial charge in [-0.1, -0.05) is 6.92 Å². The van der Waals surface area contributed by atoms with Gasteiger partial charge in [-0.2, -0.15) is 5.26 Å². The van der Waals surface area contributed by atoms with E-state index in [1.54, 1.807) is 4.90 Å². The molecule has 0 bridgehead atoms. The maximum Gasteiger partial charge on any atom is 0.237 e. The zero-order chi connectivity index (χ0) is 15.4. The molecule has 2 aliphatic carbocycles. The van der Waals surface area contributed by atoms with E-state index < -0.39 is 0 Å². The van der Waals surface area contributed by atoms with Crippen LogP contribution in [0.5, 0.6) is 0 Å². The second-order valence-electron chi connectivity index (χ2n) is 6.80.